The summed E-state index contributed by atoms with van der Waals surface area (Å²) in [5.41, 5.74) is 1.29. The van der Waals surface area contributed by atoms with E-state index in [1.807, 2.05) is 30.3 Å². The lowest BCUT2D eigenvalue weighted by atomic mass is 10.1. The predicted octanol–water partition coefficient (Wildman–Crippen LogP) is 3.97. The van der Waals surface area contributed by atoms with Crippen molar-refractivity contribution in [3.05, 3.63) is 75.8 Å². The normalized spacial score (nSPS) is 11.7. The summed E-state index contributed by atoms with van der Waals surface area (Å²) in [7, 11) is 0. The number of thioether (sulfide) groups is 1. The molecule has 1 atom stereocenters. The Kier molecular flexibility index (Phi) is 6.17. The van der Waals surface area contributed by atoms with Crippen molar-refractivity contribution in [1.82, 2.24) is 0 Å². The van der Waals surface area contributed by atoms with E-state index in [-0.39, 0.29) is 23.3 Å². The molecule has 0 aliphatic carbocycles. The molecule has 0 amide bonds. The summed E-state index contributed by atoms with van der Waals surface area (Å²) in [6.07, 6.45) is 0. The van der Waals surface area contributed by atoms with Crippen LogP contribution in [0.4, 0.5) is 0 Å². The van der Waals surface area contributed by atoms with Gasteiger partial charge < -0.3 is 4.74 Å². The number of rotatable bonds is 7. The van der Waals surface area contributed by atoms with Crippen LogP contribution in [-0.4, -0.2) is 24.0 Å². The van der Waals surface area contributed by atoms with Crippen molar-refractivity contribution in [1.29, 1.82) is 0 Å². The Labute approximate surface area is 138 Å². The molecule has 0 aliphatic rings. The van der Waals surface area contributed by atoms with Crippen molar-refractivity contribution < 1.29 is 14.5 Å². The largest absolute Gasteiger partial charge is 0.462 e. The van der Waals surface area contributed by atoms with Crippen molar-refractivity contribution in [3.63, 3.8) is 0 Å². The highest BCUT2D eigenvalue weighted by Gasteiger charge is 2.22. The van der Waals surface area contributed by atoms with E-state index in [9.17, 15) is 14.9 Å². The Morgan fingerprint density at radius 3 is 2.48 bits per heavy atom. The SMILES string of the molecule is CCOC(=O)c1ccccc1S[C@@H](C[N+](=O)[O-])c1ccccc1. The fourth-order valence-electron chi connectivity index (χ4n) is 2.11. The smallest absolute Gasteiger partial charge is 0.339 e. The summed E-state index contributed by atoms with van der Waals surface area (Å²) in [4.78, 5) is 23.4. The Morgan fingerprint density at radius 2 is 1.83 bits per heavy atom. The molecule has 120 valence electrons. The number of nitro groups is 1. The van der Waals surface area contributed by atoms with E-state index in [4.69, 9.17) is 4.74 Å². The molecule has 2 aromatic carbocycles. The molecule has 0 bridgehead atoms. The average molecular weight is 331 g/mol. The van der Waals surface area contributed by atoms with Crippen LogP contribution in [0.25, 0.3) is 0 Å². The molecule has 0 spiro atoms. The summed E-state index contributed by atoms with van der Waals surface area (Å²) < 4.78 is 5.05. The molecule has 2 aromatic rings. The van der Waals surface area contributed by atoms with Crippen LogP contribution < -0.4 is 0 Å². The van der Waals surface area contributed by atoms with Crippen LogP contribution in [0.2, 0.25) is 0 Å². The van der Waals surface area contributed by atoms with Gasteiger partial charge in [-0.25, -0.2) is 4.79 Å². The van der Waals surface area contributed by atoms with E-state index in [0.717, 1.165) is 5.56 Å². The van der Waals surface area contributed by atoms with Crippen LogP contribution in [0.15, 0.2) is 59.5 Å². The third-order valence-electron chi connectivity index (χ3n) is 3.14. The third kappa shape index (κ3) is 4.82. The maximum Gasteiger partial charge on any atom is 0.339 e. The van der Waals surface area contributed by atoms with Gasteiger partial charge in [0.25, 0.3) is 0 Å². The molecule has 0 unspecified atom stereocenters. The Morgan fingerprint density at radius 1 is 1.17 bits per heavy atom. The summed E-state index contributed by atoms with van der Waals surface area (Å²) >= 11 is 1.31. The van der Waals surface area contributed by atoms with Crippen molar-refractivity contribution in [2.24, 2.45) is 0 Å². The van der Waals surface area contributed by atoms with E-state index in [2.05, 4.69) is 0 Å². The van der Waals surface area contributed by atoms with E-state index in [0.29, 0.717) is 10.5 Å². The van der Waals surface area contributed by atoms with Crippen LogP contribution in [0, 0.1) is 10.1 Å². The van der Waals surface area contributed by atoms with Crippen LogP contribution in [-0.2, 0) is 4.74 Å². The minimum absolute atomic E-state index is 0.216. The van der Waals surface area contributed by atoms with Crippen LogP contribution in [0.3, 0.4) is 0 Å². The summed E-state index contributed by atoms with van der Waals surface area (Å²) in [5.74, 6) is -0.413. The minimum Gasteiger partial charge on any atom is -0.462 e. The summed E-state index contributed by atoms with van der Waals surface area (Å²) in [6, 6.07) is 16.3. The van der Waals surface area contributed by atoms with E-state index in [1.54, 1.807) is 31.2 Å². The fraction of sp³-hybridized carbons (Fsp3) is 0.235. The van der Waals surface area contributed by atoms with Crippen LogP contribution in [0.5, 0.6) is 0 Å². The van der Waals surface area contributed by atoms with Gasteiger partial charge in [-0.3, -0.25) is 10.1 Å². The lowest BCUT2D eigenvalue weighted by Gasteiger charge is -2.15. The number of ether oxygens (including phenoxy) is 1. The van der Waals surface area contributed by atoms with Crippen molar-refractivity contribution >= 4 is 17.7 Å². The van der Waals surface area contributed by atoms with Crippen LogP contribution >= 0.6 is 11.8 Å². The third-order valence-corrected chi connectivity index (χ3v) is 4.45. The Hall–Kier alpha value is -2.34. The molecule has 0 saturated carbocycles. The van der Waals surface area contributed by atoms with Gasteiger partial charge in [0.05, 0.1) is 17.4 Å². The zero-order valence-electron chi connectivity index (χ0n) is 12.7. The van der Waals surface area contributed by atoms with E-state index >= 15 is 0 Å². The molecule has 6 heteroatoms. The molecule has 0 fully saturated rings. The quantitative estimate of drug-likeness (QED) is 0.332. The lowest BCUT2D eigenvalue weighted by Crippen LogP contribution is -2.11. The molecule has 0 radical (unpaired) electrons. The molecular weight excluding hydrogens is 314 g/mol. The van der Waals surface area contributed by atoms with Gasteiger partial charge in [-0.2, -0.15) is 0 Å². The molecular formula is C17H17NO4S. The second-order valence-electron chi connectivity index (χ2n) is 4.75. The number of benzene rings is 2. The minimum atomic E-state index is -0.413. The van der Waals surface area contributed by atoms with E-state index in [1.165, 1.54) is 11.8 Å². The molecule has 0 N–H and O–H groups in total. The van der Waals surface area contributed by atoms with E-state index < -0.39 is 5.97 Å². The summed E-state index contributed by atoms with van der Waals surface area (Å²) in [5, 5.41) is 10.6. The highest BCUT2D eigenvalue weighted by molar-refractivity contribution is 7.99. The number of hydrogen-bond acceptors (Lipinski definition) is 5. The van der Waals surface area contributed by atoms with Gasteiger partial charge in [-0.1, -0.05) is 42.5 Å². The maximum atomic E-state index is 12.0. The highest BCUT2D eigenvalue weighted by atomic mass is 32.2. The number of hydrogen-bond donors (Lipinski definition) is 0. The number of carbonyl (C=O) groups excluding carboxylic acids is 1. The summed E-state index contributed by atoms with van der Waals surface area (Å²) in [6.45, 7) is 1.81. The predicted molar refractivity (Wildman–Crippen MR) is 89.3 cm³/mol. The molecule has 0 aliphatic heterocycles. The molecule has 5 nitrogen and oxygen atoms in total. The number of carbonyl (C=O) groups is 1. The topological polar surface area (TPSA) is 69.4 Å². The van der Waals surface area contributed by atoms with Crippen molar-refractivity contribution in [2.45, 2.75) is 17.1 Å². The van der Waals surface area contributed by atoms with Gasteiger partial charge in [0.15, 0.2) is 0 Å². The first-order valence-electron chi connectivity index (χ1n) is 7.21. The molecule has 0 saturated heterocycles. The van der Waals surface area contributed by atoms with Gasteiger partial charge in [0, 0.05) is 9.82 Å². The van der Waals surface area contributed by atoms with Crippen molar-refractivity contribution in [2.75, 3.05) is 13.2 Å². The first kappa shape index (κ1) is 17.0. The van der Waals surface area contributed by atoms with Crippen molar-refractivity contribution in [3.8, 4) is 0 Å². The first-order valence-corrected chi connectivity index (χ1v) is 8.09. The molecule has 0 heterocycles. The van der Waals surface area contributed by atoms with Gasteiger partial charge >= 0.3 is 5.97 Å². The molecule has 2 rings (SSSR count). The first-order chi connectivity index (χ1) is 11.1. The highest BCUT2D eigenvalue weighted by Crippen LogP contribution is 2.37. The second kappa shape index (κ2) is 8.33. The fourth-order valence-corrected chi connectivity index (χ4v) is 3.35. The van der Waals surface area contributed by atoms with Crippen LogP contribution in [0.1, 0.15) is 28.1 Å². The maximum absolute atomic E-state index is 12.0. The second-order valence-corrected chi connectivity index (χ2v) is 5.99. The molecule has 23 heavy (non-hydrogen) atoms. The molecule has 0 aromatic heterocycles. The zero-order valence-corrected chi connectivity index (χ0v) is 13.5. The number of esters is 1. The van der Waals surface area contributed by atoms with Gasteiger partial charge in [0.1, 0.15) is 0 Å². The lowest BCUT2D eigenvalue weighted by molar-refractivity contribution is -0.479. The number of nitrogens with zero attached hydrogens (tertiary/aromatic N) is 1. The monoisotopic (exact) mass is 331 g/mol. The van der Waals surface area contributed by atoms with Gasteiger partial charge in [-0.05, 0) is 24.6 Å². The zero-order chi connectivity index (χ0) is 16.7. The van der Waals surface area contributed by atoms with Gasteiger partial charge in [0.2, 0.25) is 6.54 Å². The Balaban J connectivity index is 2.30. The Bertz CT molecular complexity index is 675. The standard InChI is InChI=1S/C17H17NO4S/c1-2-22-17(19)14-10-6-7-11-15(14)23-16(12-18(20)21)13-8-4-3-5-9-13/h3-11,16H,2,12H2,1H3/t16-/m0/s1. The average Bonchev–Trinajstić information content (AvgIpc) is 2.55. The van der Waals surface area contributed by atoms with Gasteiger partial charge in [-0.15, -0.1) is 11.8 Å².